The number of hydrogen-bond donors (Lipinski definition) is 1. The molecule has 0 fully saturated rings. The number of aromatic nitrogens is 5. The molecule has 6 nitrogen and oxygen atoms in total. The zero-order valence-corrected chi connectivity index (χ0v) is 11.4. The van der Waals surface area contributed by atoms with E-state index in [2.05, 4.69) is 25.8 Å². The SMILES string of the molecule is Fc1ccccc1[C@H]1C=C(c2cccnc2)Nc2nnnn21. The zero-order valence-electron chi connectivity index (χ0n) is 11.4. The lowest BCUT2D eigenvalue weighted by Crippen LogP contribution is -2.21. The maximum atomic E-state index is 14.2. The van der Waals surface area contributed by atoms with Crippen LogP contribution in [0, 0.1) is 5.82 Å². The van der Waals surface area contributed by atoms with E-state index in [0.717, 1.165) is 11.3 Å². The van der Waals surface area contributed by atoms with Crippen LogP contribution >= 0.6 is 0 Å². The molecule has 108 valence electrons. The lowest BCUT2D eigenvalue weighted by molar-refractivity contribution is 0.540. The van der Waals surface area contributed by atoms with E-state index in [4.69, 9.17) is 0 Å². The van der Waals surface area contributed by atoms with Gasteiger partial charge in [0.15, 0.2) is 0 Å². The van der Waals surface area contributed by atoms with Crippen LogP contribution in [0.1, 0.15) is 17.2 Å². The van der Waals surface area contributed by atoms with Crippen LogP contribution in [0.3, 0.4) is 0 Å². The van der Waals surface area contributed by atoms with Crippen LogP contribution in [0.5, 0.6) is 0 Å². The van der Waals surface area contributed by atoms with Gasteiger partial charge in [-0.25, -0.2) is 4.39 Å². The van der Waals surface area contributed by atoms with E-state index in [1.165, 1.54) is 6.07 Å². The van der Waals surface area contributed by atoms with Crippen LogP contribution in [-0.2, 0) is 0 Å². The molecule has 0 amide bonds. The fourth-order valence-corrected chi connectivity index (χ4v) is 2.48. The van der Waals surface area contributed by atoms with Gasteiger partial charge >= 0.3 is 0 Å². The highest BCUT2D eigenvalue weighted by atomic mass is 19.1. The minimum absolute atomic E-state index is 0.294. The number of halogens is 1. The van der Waals surface area contributed by atoms with E-state index in [0.29, 0.717) is 11.5 Å². The second-order valence-corrected chi connectivity index (χ2v) is 4.86. The summed E-state index contributed by atoms with van der Waals surface area (Å²) in [5.74, 6) is 0.173. The number of nitrogens with one attached hydrogen (secondary N) is 1. The summed E-state index contributed by atoms with van der Waals surface area (Å²) in [7, 11) is 0. The van der Waals surface area contributed by atoms with Crippen molar-refractivity contribution in [3.8, 4) is 0 Å². The molecule has 1 N–H and O–H groups in total. The summed E-state index contributed by atoms with van der Waals surface area (Å²) in [5.41, 5.74) is 2.20. The summed E-state index contributed by atoms with van der Waals surface area (Å²) in [6, 6.07) is 9.96. The molecule has 7 heteroatoms. The molecule has 2 aromatic heterocycles. The Hall–Kier alpha value is -3.09. The number of nitrogens with zero attached hydrogens (tertiary/aromatic N) is 5. The number of allylic oxidation sites excluding steroid dienone is 1. The third kappa shape index (κ3) is 2.03. The second kappa shape index (κ2) is 5.03. The highest BCUT2D eigenvalue weighted by Crippen LogP contribution is 2.32. The lowest BCUT2D eigenvalue weighted by atomic mass is 10.0. The highest BCUT2D eigenvalue weighted by molar-refractivity contribution is 5.76. The zero-order chi connectivity index (χ0) is 14.9. The molecule has 0 saturated carbocycles. The van der Waals surface area contributed by atoms with Crippen LogP contribution in [0.4, 0.5) is 10.3 Å². The molecule has 0 aliphatic carbocycles. The number of benzene rings is 1. The third-order valence-corrected chi connectivity index (χ3v) is 3.52. The Bertz CT molecular complexity index is 842. The van der Waals surface area contributed by atoms with E-state index in [1.807, 2.05) is 18.2 Å². The van der Waals surface area contributed by atoms with Crippen LogP contribution < -0.4 is 5.32 Å². The first-order valence-corrected chi connectivity index (χ1v) is 6.74. The molecule has 1 atom stereocenters. The van der Waals surface area contributed by atoms with Gasteiger partial charge in [-0.2, -0.15) is 4.68 Å². The molecule has 0 unspecified atom stereocenters. The van der Waals surface area contributed by atoms with Crippen molar-refractivity contribution < 1.29 is 4.39 Å². The van der Waals surface area contributed by atoms with E-state index in [9.17, 15) is 4.39 Å². The molecule has 22 heavy (non-hydrogen) atoms. The molecule has 1 aliphatic rings. The molecular formula is C15H11FN6. The number of tetrazole rings is 1. The van der Waals surface area contributed by atoms with Crippen molar-refractivity contribution >= 4 is 11.6 Å². The Labute approximate surface area is 125 Å². The van der Waals surface area contributed by atoms with Crippen molar-refractivity contribution in [1.29, 1.82) is 0 Å². The molecule has 3 heterocycles. The monoisotopic (exact) mass is 294 g/mol. The number of fused-ring (bicyclic) bond motifs is 1. The predicted molar refractivity (Wildman–Crippen MR) is 78.2 cm³/mol. The fraction of sp³-hybridized carbons (Fsp3) is 0.0667. The molecule has 0 bridgehead atoms. The van der Waals surface area contributed by atoms with Crippen molar-refractivity contribution in [1.82, 2.24) is 25.2 Å². The van der Waals surface area contributed by atoms with Crippen molar-refractivity contribution in [2.24, 2.45) is 0 Å². The maximum Gasteiger partial charge on any atom is 0.248 e. The quantitative estimate of drug-likeness (QED) is 0.785. The second-order valence-electron chi connectivity index (χ2n) is 4.86. The molecule has 0 radical (unpaired) electrons. The van der Waals surface area contributed by atoms with Gasteiger partial charge in [-0.05, 0) is 34.7 Å². The van der Waals surface area contributed by atoms with E-state index < -0.39 is 6.04 Å². The number of rotatable bonds is 2. The van der Waals surface area contributed by atoms with Crippen LogP contribution in [0.2, 0.25) is 0 Å². The smallest absolute Gasteiger partial charge is 0.248 e. The van der Waals surface area contributed by atoms with Crippen molar-refractivity contribution in [2.75, 3.05) is 5.32 Å². The van der Waals surface area contributed by atoms with Crippen molar-refractivity contribution in [3.05, 3.63) is 71.8 Å². The van der Waals surface area contributed by atoms with Gasteiger partial charge in [-0.15, -0.1) is 0 Å². The van der Waals surface area contributed by atoms with Gasteiger partial charge < -0.3 is 5.32 Å². The fourth-order valence-electron chi connectivity index (χ4n) is 2.48. The lowest BCUT2D eigenvalue weighted by Gasteiger charge is -2.23. The minimum atomic E-state index is -0.414. The summed E-state index contributed by atoms with van der Waals surface area (Å²) >= 11 is 0. The minimum Gasteiger partial charge on any atom is -0.323 e. The summed E-state index contributed by atoms with van der Waals surface area (Å²) in [4.78, 5) is 4.11. The van der Waals surface area contributed by atoms with Gasteiger partial charge in [-0.1, -0.05) is 23.3 Å². The molecule has 0 saturated heterocycles. The molecule has 4 rings (SSSR count). The topological polar surface area (TPSA) is 68.5 Å². The Morgan fingerprint density at radius 3 is 2.86 bits per heavy atom. The van der Waals surface area contributed by atoms with Crippen molar-refractivity contribution in [3.63, 3.8) is 0 Å². The van der Waals surface area contributed by atoms with Gasteiger partial charge in [0.25, 0.3) is 0 Å². The highest BCUT2D eigenvalue weighted by Gasteiger charge is 2.26. The molecule has 3 aromatic rings. The largest absolute Gasteiger partial charge is 0.323 e. The number of pyridine rings is 1. The first-order valence-electron chi connectivity index (χ1n) is 6.74. The predicted octanol–water partition coefficient (Wildman–Crippen LogP) is 2.26. The normalized spacial score (nSPS) is 16.6. The van der Waals surface area contributed by atoms with E-state index in [1.54, 1.807) is 35.3 Å². The Morgan fingerprint density at radius 2 is 2.05 bits per heavy atom. The summed E-state index contributed by atoms with van der Waals surface area (Å²) < 4.78 is 15.7. The standard InChI is InChI=1S/C15H11FN6/c16-12-6-2-1-5-11(12)14-8-13(10-4-3-7-17-9-10)18-15-19-20-21-22(14)15/h1-9,14H,(H,18,19,21)/t14-/m1/s1. The summed E-state index contributed by atoms with van der Waals surface area (Å²) in [5, 5.41) is 14.7. The van der Waals surface area contributed by atoms with Gasteiger partial charge in [-0.3, -0.25) is 4.98 Å². The average molecular weight is 294 g/mol. The molecular weight excluding hydrogens is 283 g/mol. The Balaban J connectivity index is 1.86. The number of hydrogen-bond acceptors (Lipinski definition) is 5. The van der Waals surface area contributed by atoms with Crippen molar-refractivity contribution in [2.45, 2.75) is 6.04 Å². The molecule has 1 aliphatic heterocycles. The van der Waals surface area contributed by atoms with Gasteiger partial charge in [0.05, 0.1) is 0 Å². The van der Waals surface area contributed by atoms with Gasteiger partial charge in [0, 0.05) is 29.2 Å². The number of anilines is 1. The van der Waals surface area contributed by atoms with Crippen LogP contribution in [0.15, 0.2) is 54.9 Å². The van der Waals surface area contributed by atoms with Gasteiger partial charge in [0.1, 0.15) is 11.9 Å². The first kappa shape index (κ1) is 12.6. The average Bonchev–Trinajstić information content (AvgIpc) is 3.04. The molecule has 0 spiro atoms. The van der Waals surface area contributed by atoms with Gasteiger partial charge in [0.2, 0.25) is 5.95 Å². The third-order valence-electron chi connectivity index (χ3n) is 3.52. The van der Waals surface area contributed by atoms with Crippen LogP contribution in [-0.4, -0.2) is 25.2 Å². The van der Waals surface area contributed by atoms with Crippen LogP contribution in [0.25, 0.3) is 5.70 Å². The van der Waals surface area contributed by atoms with E-state index in [-0.39, 0.29) is 5.82 Å². The molecule has 1 aromatic carbocycles. The summed E-state index contributed by atoms with van der Waals surface area (Å²) in [6.45, 7) is 0. The van der Waals surface area contributed by atoms with E-state index >= 15 is 0 Å². The summed E-state index contributed by atoms with van der Waals surface area (Å²) in [6.07, 6.45) is 5.32. The maximum absolute atomic E-state index is 14.2. The Morgan fingerprint density at radius 1 is 1.14 bits per heavy atom. The first-order chi connectivity index (χ1) is 10.8. The Kier molecular flexibility index (Phi) is 2.89.